The summed E-state index contributed by atoms with van der Waals surface area (Å²) in [5.41, 5.74) is 5.40. The summed E-state index contributed by atoms with van der Waals surface area (Å²) in [4.78, 5) is 3.75. The Morgan fingerprint density at radius 2 is 2.06 bits per heavy atom. The normalized spacial score (nSPS) is 12.9. The Morgan fingerprint density at radius 3 is 2.62 bits per heavy atom. The van der Waals surface area contributed by atoms with Crippen LogP contribution in [0.3, 0.4) is 0 Å². The lowest BCUT2D eigenvalue weighted by molar-refractivity contribution is 0.00381. The summed E-state index contributed by atoms with van der Waals surface area (Å²) in [5, 5.41) is 11.6. The highest BCUT2D eigenvalue weighted by atomic mass is 35.5. The molecule has 4 nitrogen and oxygen atoms in total. The number of aliphatic hydroxyl groups excluding tert-OH is 1. The van der Waals surface area contributed by atoms with Crippen LogP contribution >= 0.6 is 23.2 Å². The van der Waals surface area contributed by atoms with Gasteiger partial charge in [-0.25, -0.2) is 13.8 Å². The summed E-state index contributed by atoms with van der Waals surface area (Å²) in [6.07, 6.45) is -4.63. The zero-order chi connectivity index (χ0) is 12.3. The molecule has 4 N–H and O–H groups in total. The number of nitrogens with one attached hydrogen (secondary N) is 1. The van der Waals surface area contributed by atoms with E-state index in [1.807, 2.05) is 0 Å². The smallest absolute Gasteiger partial charge is 0.265 e. The number of pyridine rings is 1. The van der Waals surface area contributed by atoms with Crippen molar-refractivity contribution in [2.24, 2.45) is 0 Å². The second-order valence-electron chi connectivity index (χ2n) is 2.97. The molecule has 1 aromatic heterocycles. The van der Waals surface area contributed by atoms with E-state index < -0.39 is 12.5 Å². The number of aromatic nitrogens is 1. The molecule has 1 atom stereocenters. The van der Waals surface area contributed by atoms with Gasteiger partial charge in [0.2, 0.25) is 0 Å². The number of alkyl halides is 2. The minimum atomic E-state index is -2.84. The number of nitrogens with zero attached hydrogens (tertiary/aromatic N) is 1. The van der Waals surface area contributed by atoms with E-state index in [-0.39, 0.29) is 28.2 Å². The molecule has 0 saturated carbocycles. The molecule has 0 aliphatic carbocycles. The lowest BCUT2D eigenvalue weighted by atomic mass is 10.3. The van der Waals surface area contributed by atoms with E-state index >= 15 is 0 Å². The van der Waals surface area contributed by atoms with Gasteiger partial charge in [0.1, 0.15) is 17.7 Å². The van der Waals surface area contributed by atoms with Crippen molar-refractivity contribution in [3.8, 4) is 0 Å². The third kappa shape index (κ3) is 3.33. The zero-order valence-electron chi connectivity index (χ0n) is 7.92. The molecule has 0 saturated heterocycles. The van der Waals surface area contributed by atoms with Crippen molar-refractivity contribution in [2.45, 2.75) is 12.5 Å². The molecule has 1 heterocycles. The molecule has 0 fully saturated rings. The molecule has 1 unspecified atom stereocenters. The maximum Gasteiger partial charge on any atom is 0.265 e. The molecular formula is C8H9Cl2F2N3O. The van der Waals surface area contributed by atoms with E-state index in [1.165, 1.54) is 6.07 Å². The second kappa shape index (κ2) is 5.47. The first-order chi connectivity index (χ1) is 7.41. The number of hydrogen-bond donors (Lipinski definition) is 3. The number of nitrogen functional groups attached to an aromatic ring is 1. The van der Waals surface area contributed by atoms with Gasteiger partial charge >= 0.3 is 0 Å². The Labute approximate surface area is 100 Å². The van der Waals surface area contributed by atoms with E-state index in [0.29, 0.717) is 0 Å². The van der Waals surface area contributed by atoms with Crippen molar-refractivity contribution < 1.29 is 13.9 Å². The molecule has 0 bridgehead atoms. The summed E-state index contributed by atoms with van der Waals surface area (Å²) < 4.78 is 24.0. The van der Waals surface area contributed by atoms with Crippen LogP contribution in [0.15, 0.2) is 6.07 Å². The first kappa shape index (κ1) is 13.2. The molecule has 0 aromatic carbocycles. The van der Waals surface area contributed by atoms with Crippen molar-refractivity contribution >= 4 is 34.8 Å². The number of anilines is 2. The Balaban J connectivity index is 2.71. The fourth-order valence-corrected chi connectivity index (χ4v) is 1.32. The third-order valence-electron chi connectivity index (χ3n) is 1.73. The maximum absolute atomic E-state index is 12.0. The van der Waals surface area contributed by atoms with Gasteiger partial charge in [0.05, 0.1) is 10.0 Å². The minimum Gasteiger partial charge on any atom is -0.385 e. The van der Waals surface area contributed by atoms with E-state index in [9.17, 15) is 8.78 Å². The van der Waals surface area contributed by atoms with Gasteiger partial charge in [0.25, 0.3) is 6.43 Å². The average Bonchev–Trinajstić information content (AvgIpc) is 2.20. The van der Waals surface area contributed by atoms with Gasteiger partial charge in [-0.1, -0.05) is 23.2 Å². The fraction of sp³-hybridized carbons (Fsp3) is 0.375. The molecule has 1 aromatic rings. The van der Waals surface area contributed by atoms with Crippen LogP contribution in [0.1, 0.15) is 0 Å². The highest BCUT2D eigenvalue weighted by Crippen LogP contribution is 2.27. The van der Waals surface area contributed by atoms with Gasteiger partial charge in [0, 0.05) is 6.54 Å². The number of aliphatic hydroxyl groups is 1. The first-order valence-corrected chi connectivity index (χ1v) is 4.99. The van der Waals surface area contributed by atoms with Gasteiger partial charge in [-0.3, -0.25) is 0 Å². The molecule has 0 radical (unpaired) electrons. The third-order valence-corrected chi connectivity index (χ3v) is 2.32. The summed E-state index contributed by atoms with van der Waals surface area (Å²) in [7, 11) is 0. The molecule has 0 amide bonds. The number of hydrogen-bond acceptors (Lipinski definition) is 4. The van der Waals surface area contributed by atoms with E-state index in [0.717, 1.165) is 0 Å². The van der Waals surface area contributed by atoms with Crippen LogP contribution in [-0.4, -0.2) is 29.2 Å². The van der Waals surface area contributed by atoms with E-state index in [2.05, 4.69) is 10.3 Å². The number of nitrogens with two attached hydrogens (primary N) is 1. The zero-order valence-corrected chi connectivity index (χ0v) is 9.43. The van der Waals surface area contributed by atoms with Crippen LogP contribution in [-0.2, 0) is 0 Å². The van der Waals surface area contributed by atoms with Gasteiger partial charge in [0.15, 0.2) is 0 Å². The molecule has 90 valence electrons. The summed E-state index contributed by atoms with van der Waals surface area (Å²) >= 11 is 11.4. The van der Waals surface area contributed by atoms with Crippen LogP contribution in [0.2, 0.25) is 10.0 Å². The molecule has 0 aliphatic rings. The van der Waals surface area contributed by atoms with E-state index in [1.54, 1.807) is 0 Å². The van der Waals surface area contributed by atoms with Gasteiger partial charge < -0.3 is 16.2 Å². The lowest BCUT2D eigenvalue weighted by Gasteiger charge is -2.12. The van der Waals surface area contributed by atoms with Crippen molar-refractivity contribution in [3.05, 3.63) is 16.1 Å². The topological polar surface area (TPSA) is 71.2 Å². The van der Waals surface area contributed by atoms with Crippen LogP contribution in [0.4, 0.5) is 20.4 Å². The number of halogens is 4. The molecule has 0 aliphatic heterocycles. The Morgan fingerprint density at radius 1 is 1.44 bits per heavy atom. The monoisotopic (exact) mass is 271 g/mol. The summed E-state index contributed by atoms with van der Waals surface area (Å²) in [5.74, 6) is 0.128. The largest absolute Gasteiger partial charge is 0.385 e. The standard InChI is InChI=1S/C8H9Cl2F2N3O/c9-3-1-4(10)8(15-7(3)13)14-2-5(16)6(11)12/h1,5-6,16H,2H2,(H3,13,14,15). The second-order valence-corrected chi connectivity index (χ2v) is 3.78. The van der Waals surface area contributed by atoms with Gasteiger partial charge in [-0.2, -0.15) is 0 Å². The maximum atomic E-state index is 12.0. The molecule has 1 rings (SSSR count). The Kier molecular flexibility index (Phi) is 4.52. The number of rotatable bonds is 4. The highest BCUT2D eigenvalue weighted by Gasteiger charge is 2.17. The first-order valence-electron chi connectivity index (χ1n) is 4.23. The Hall–Kier alpha value is -0.850. The van der Waals surface area contributed by atoms with Crippen LogP contribution in [0.25, 0.3) is 0 Å². The Bertz CT molecular complexity index is 379. The van der Waals surface area contributed by atoms with Gasteiger partial charge in [-0.15, -0.1) is 0 Å². The SMILES string of the molecule is Nc1nc(NCC(O)C(F)F)c(Cl)cc1Cl. The minimum absolute atomic E-state index is 0.0279. The molecule has 8 heteroatoms. The van der Waals surface area contributed by atoms with Gasteiger partial charge in [-0.05, 0) is 6.07 Å². The lowest BCUT2D eigenvalue weighted by Crippen LogP contribution is -2.27. The fourth-order valence-electron chi connectivity index (χ4n) is 0.895. The van der Waals surface area contributed by atoms with Crippen molar-refractivity contribution in [1.82, 2.24) is 4.98 Å². The van der Waals surface area contributed by atoms with Crippen LogP contribution in [0.5, 0.6) is 0 Å². The molecular weight excluding hydrogens is 263 g/mol. The summed E-state index contributed by atoms with van der Waals surface area (Å²) in [6, 6.07) is 1.34. The average molecular weight is 272 g/mol. The van der Waals surface area contributed by atoms with Crippen LogP contribution < -0.4 is 11.1 Å². The van der Waals surface area contributed by atoms with Crippen LogP contribution in [0, 0.1) is 0 Å². The van der Waals surface area contributed by atoms with Crippen molar-refractivity contribution in [3.63, 3.8) is 0 Å². The van der Waals surface area contributed by atoms with E-state index in [4.69, 9.17) is 34.0 Å². The van der Waals surface area contributed by atoms with Crippen molar-refractivity contribution in [1.29, 1.82) is 0 Å². The summed E-state index contributed by atoms with van der Waals surface area (Å²) in [6.45, 7) is -0.383. The molecule has 0 spiro atoms. The van der Waals surface area contributed by atoms with Crippen molar-refractivity contribution in [2.75, 3.05) is 17.6 Å². The highest BCUT2D eigenvalue weighted by molar-refractivity contribution is 6.37. The predicted molar refractivity (Wildman–Crippen MR) is 59.2 cm³/mol. The molecule has 16 heavy (non-hydrogen) atoms. The quantitative estimate of drug-likeness (QED) is 0.784. The predicted octanol–water partition coefficient (Wildman–Crippen LogP) is 2.01.